The number of hydrogen-bond acceptors (Lipinski definition) is 1. The van der Waals surface area contributed by atoms with Gasteiger partial charge < -0.3 is 0 Å². The number of benzene rings is 11. The highest BCUT2D eigenvalue weighted by Gasteiger charge is 2.20. The van der Waals surface area contributed by atoms with Gasteiger partial charge in [0.25, 0.3) is 0 Å². The van der Waals surface area contributed by atoms with Gasteiger partial charge in [-0.05, 0) is 147 Å². The van der Waals surface area contributed by atoms with Crippen LogP contribution in [0.5, 0.6) is 0 Å². The van der Waals surface area contributed by atoms with E-state index in [1.54, 1.807) is 0 Å². The van der Waals surface area contributed by atoms with Gasteiger partial charge in [-0.2, -0.15) is 0 Å². The van der Waals surface area contributed by atoms with E-state index in [-0.39, 0.29) is 0 Å². The lowest BCUT2D eigenvalue weighted by molar-refractivity contribution is 1.59. The molecule has 0 amide bonds. The van der Waals surface area contributed by atoms with Gasteiger partial charge in [0, 0.05) is 20.2 Å². The molecular formula is C65H44S. The Balaban J connectivity index is 1.01. The molecule has 0 saturated heterocycles. The van der Waals surface area contributed by atoms with E-state index in [1.165, 1.54) is 124 Å². The summed E-state index contributed by atoms with van der Waals surface area (Å²) >= 11 is 1.88. The van der Waals surface area contributed by atoms with Crippen LogP contribution in [0.4, 0.5) is 0 Å². The second-order valence-electron chi connectivity index (χ2n) is 17.1. The third-order valence-electron chi connectivity index (χ3n) is 13.4. The Hall–Kier alpha value is -8.10. The maximum atomic E-state index is 4.36. The Morgan fingerprint density at radius 1 is 0.348 bits per heavy atom. The normalized spacial score (nSPS) is 12.3. The van der Waals surface area contributed by atoms with Crippen molar-refractivity contribution in [3.8, 4) is 44.5 Å². The van der Waals surface area contributed by atoms with E-state index >= 15 is 0 Å². The molecule has 0 N–H and O–H groups in total. The summed E-state index contributed by atoms with van der Waals surface area (Å²) in [6.07, 6.45) is 6.50. The van der Waals surface area contributed by atoms with Crippen LogP contribution in [-0.2, 0) is 0 Å². The summed E-state index contributed by atoms with van der Waals surface area (Å²) in [5.41, 5.74) is 14.6. The molecule has 11 aromatic carbocycles. The molecule has 1 aromatic heterocycles. The van der Waals surface area contributed by atoms with Crippen molar-refractivity contribution in [1.82, 2.24) is 0 Å². The molecule has 0 atom stereocenters. The summed E-state index contributed by atoms with van der Waals surface area (Å²) in [4.78, 5) is 0. The van der Waals surface area contributed by atoms with E-state index in [9.17, 15) is 0 Å². The molecule has 0 aliphatic heterocycles. The third kappa shape index (κ3) is 6.59. The van der Waals surface area contributed by atoms with Crippen molar-refractivity contribution in [2.24, 2.45) is 0 Å². The monoisotopic (exact) mass is 856 g/mol. The first-order valence-electron chi connectivity index (χ1n) is 22.7. The standard InChI is InChI=1S/C65H44S/c1-3-42(44-20-7-5-8-21-44)38-43(4-2)62-51-26-11-13-28-53(51)64(54-29-14-12-27-52(54)62)48-35-37-60-59(40-48)50-36-34-49(41-61(50)66-60)65-57-32-17-15-30-55(57)63(56-31-16-18-33-58(56)65)47-25-19-24-46(39-47)45-22-9-6-10-23-45/h3-41H,2H2,1H3/b42-3+,43-38+. The van der Waals surface area contributed by atoms with Crippen LogP contribution >= 0.6 is 11.3 Å². The van der Waals surface area contributed by atoms with Gasteiger partial charge in [-0.15, -0.1) is 11.3 Å². The quantitative estimate of drug-likeness (QED) is 0.105. The van der Waals surface area contributed by atoms with E-state index in [0.717, 1.165) is 5.57 Å². The Labute approximate surface area is 389 Å². The van der Waals surface area contributed by atoms with Crippen LogP contribution < -0.4 is 0 Å². The van der Waals surface area contributed by atoms with E-state index in [2.05, 4.69) is 244 Å². The molecule has 0 aliphatic carbocycles. The average Bonchev–Trinajstić information content (AvgIpc) is 3.75. The fourth-order valence-corrected chi connectivity index (χ4v) is 11.6. The maximum absolute atomic E-state index is 4.36. The molecule has 0 radical (unpaired) electrons. The zero-order valence-electron chi connectivity index (χ0n) is 36.6. The molecule has 0 spiro atoms. The molecule has 12 rings (SSSR count). The first-order valence-corrected chi connectivity index (χ1v) is 23.5. The molecule has 12 aromatic rings. The molecule has 1 heterocycles. The van der Waals surface area contributed by atoms with E-state index in [1.807, 2.05) is 17.4 Å². The smallest absolute Gasteiger partial charge is 0.0361 e. The minimum Gasteiger partial charge on any atom is -0.135 e. The lowest BCUT2D eigenvalue weighted by Gasteiger charge is -2.19. The molecule has 0 unspecified atom stereocenters. The largest absolute Gasteiger partial charge is 0.135 e. The fourth-order valence-electron chi connectivity index (χ4n) is 10.4. The third-order valence-corrected chi connectivity index (χ3v) is 14.5. The number of fused-ring (bicyclic) bond motifs is 7. The van der Waals surface area contributed by atoms with Crippen LogP contribution in [0.15, 0.2) is 243 Å². The summed E-state index contributed by atoms with van der Waals surface area (Å²) in [5, 5.41) is 12.5. The summed E-state index contributed by atoms with van der Waals surface area (Å²) in [6, 6.07) is 80.3. The van der Waals surface area contributed by atoms with Gasteiger partial charge in [-0.25, -0.2) is 0 Å². The highest BCUT2D eigenvalue weighted by molar-refractivity contribution is 7.25. The maximum Gasteiger partial charge on any atom is 0.0361 e. The minimum atomic E-state index is 1.11. The minimum absolute atomic E-state index is 1.11. The van der Waals surface area contributed by atoms with Crippen LogP contribution in [0.1, 0.15) is 18.1 Å². The lowest BCUT2D eigenvalue weighted by atomic mass is 9.84. The van der Waals surface area contributed by atoms with Crippen LogP contribution in [-0.4, -0.2) is 0 Å². The summed E-state index contributed by atoms with van der Waals surface area (Å²) in [5.74, 6) is 0. The fraction of sp³-hybridized carbons (Fsp3) is 0.0154. The van der Waals surface area contributed by atoms with Crippen LogP contribution in [0, 0.1) is 0 Å². The Bertz CT molecular complexity index is 3820. The molecule has 0 aliphatic rings. The first kappa shape index (κ1) is 39.5. The number of thiophene rings is 1. The second-order valence-corrected chi connectivity index (χ2v) is 18.2. The average molecular weight is 857 g/mol. The van der Waals surface area contributed by atoms with Crippen molar-refractivity contribution in [2.75, 3.05) is 0 Å². The molecule has 0 fully saturated rings. The van der Waals surface area contributed by atoms with Gasteiger partial charge >= 0.3 is 0 Å². The molecule has 310 valence electrons. The molecule has 1 heteroatoms. The van der Waals surface area contributed by atoms with Gasteiger partial charge in [0.15, 0.2) is 0 Å². The van der Waals surface area contributed by atoms with E-state index in [0.29, 0.717) is 0 Å². The number of allylic oxidation sites excluding steroid dienone is 5. The lowest BCUT2D eigenvalue weighted by Crippen LogP contribution is -1.93. The topological polar surface area (TPSA) is 0 Å². The van der Waals surface area contributed by atoms with E-state index < -0.39 is 0 Å². The number of rotatable bonds is 8. The Morgan fingerprint density at radius 2 is 0.803 bits per heavy atom. The molecule has 0 saturated carbocycles. The predicted octanol–water partition coefficient (Wildman–Crippen LogP) is 19.0. The number of hydrogen-bond donors (Lipinski definition) is 0. The summed E-state index contributed by atoms with van der Waals surface area (Å²) in [7, 11) is 0. The molecule has 0 nitrogen and oxygen atoms in total. The van der Waals surface area contributed by atoms with Gasteiger partial charge in [-0.3, -0.25) is 0 Å². The van der Waals surface area contributed by atoms with Crippen molar-refractivity contribution in [2.45, 2.75) is 6.92 Å². The van der Waals surface area contributed by atoms with Gasteiger partial charge in [0.2, 0.25) is 0 Å². The SMILES string of the molecule is C=C/C(=C\C(=C/C)c1ccccc1)c1c2ccccc2c(-c2ccc3sc4cc(-c5c6ccccc6c(-c6cccc(-c7ccccc7)c6)c6ccccc56)ccc4c3c2)c2ccccc12. The Morgan fingerprint density at radius 3 is 1.36 bits per heavy atom. The molecule has 66 heavy (non-hydrogen) atoms. The highest BCUT2D eigenvalue weighted by Crippen LogP contribution is 2.48. The van der Waals surface area contributed by atoms with Crippen molar-refractivity contribution in [1.29, 1.82) is 0 Å². The van der Waals surface area contributed by atoms with Crippen molar-refractivity contribution >= 4 is 85.7 Å². The van der Waals surface area contributed by atoms with E-state index in [4.69, 9.17) is 0 Å². The van der Waals surface area contributed by atoms with Crippen molar-refractivity contribution in [3.63, 3.8) is 0 Å². The van der Waals surface area contributed by atoms with Crippen LogP contribution in [0.25, 0.3) is 119 Å². The zero-order chi connectivity index (χ0) is 44.1. The predicted molar refractivity (Wildman–Crippen MR) is 289 cm³/mol. The first-order chi connectivity index (χ1) is 32.7. The van der Waals surface area contributed by atoms with Crippen LogP contribution in [0.3, 0.4) is 0 Å². The van der Waals surface area contributed by atoms with Gasteiger partial charge in [-0.1, -0.05) is 213 Å². The van der Waals surface area contributed by atoms with Crippen LogP contribution in [0.2, 0.25) is 0 Å². The van der Waals surface area contributed by atoms with Crippen molar-refractivity contribution in [3.05, 3.63) is 254 Å². The highest BCUT2D eigenvalue weighted by atomic mass is 32.1. The van der Waals surface area contributed by atoms with Gasteiger partial charge in [0.05, 0.1) is 0 Å². The Kier molecular flexibility index (Phi) is 9.85. The molecule has 0 bridgehead atoms. The molecular weight excluding hydrogens is 813 g/mol. The second kappa shape index (κ2) is 16.5. The summed E-state index contributed by atoms with van der Waals surface area (Å²) in [6.45, 7) is 6.47. The summed E-state index contributed by atoms with van der Waals surface area (Å²) < 4.78 is 2.58. The van der Waals surface area contributed by atoms with Crippen molar-refractivity contribution < 1.29 is 0 Å². The van der Waals surface area contributed by atoms with Gasteiger partial charge in [0.1, 0.15) is 0 Å². The zero-order valence-corrected chi connectivity index (χ0v) is 37.4.